The van der Waals surface area contributed by atoms with Gasteiger partial charge < -0.3 is 14.4 Å². The van der Waals surface area contributed by atoms with Crippen LogP contribution in [0.3, 0.4) is 0 Å². The lowest BCUT2D eigenvalue weighted by atomic mass is 9.34. The highest BCUT2D eigenvalue weighted by Gasteiger charge is 2.44. The highest BCUT2D eigenvalue weighted by molar-refractivity contribution is 6.98. The maximum atomic E-state index is 6.74. The van der Waals surface area contributed by atoms with Crippen LogP contribution >= 0.6 is 0 Å². The minimum atomic E-state index is -0.260. The molecule has 0 fully saturated rings. The number of hydrogen-bond donors (Lipinski definition) is 0. The zero-order chi connectivity index (χ0) is 31.3. The van der Waals surface area contributed by atoms with Gasteiger partial charge in [0.15, 0.2) is 0 Å². The van der Waals surface area contributed by atoms with E-state index in [1.807, 2.05) is 24.5 Å². The van der Waals surface area contributed by atoms with Gasteiger partial charge in [-0.25, -0.2) is 0 Å². The quantitative estimate of drug-likeness (QED) is 0.189. The molecule has 3 aliphatic rings. The van der Waals surface area contributed by atoms with Gasteiger partial charge in [-0.15, -0.1) is 0 Å². The number of nitrogens with zero attached hydrogens (tertiary/aromatic N) is 2. The molecule has 0 atom stereocenters. The van der Waals surface area contributed by atoms with E-state index < -0.39 is 0 Å². The van der Waals surface area contributed by atoms with Gasteiger partial charge in [0.25, 0.3) is 6.71 Å². The van der Waals surface area contributed by atoms with Crippen LogP contribution in [0, 0.1) is 0 Å². The summed E-state index contributed by atoms with van der Waals surface area (Å²) in [6, 6.07) is 45.3. The van der Waals surface area contributed by atoms with Crippen LogP contribution in [0.1, 0.15) is 25.0 Å². The van der Waals surface area contributed by atoms with E-state index in [4.69, 9.17) is 9.47 Å². The fraction of sp³-hybridized carbons (Fsp3) is 0.0714. The SMILES string of the molecule is CC1(C)c2cc3c(cc2-c2c1cc(N(c1ccccc1)c1ccncc1)c1ccccc21)Oc1cccc2c1B3c1ccccc1O2. The van der Waals surface area contributed by atoms with Crippen LogP contribution in [-0.4, -0.2) is 11.7 Å². The number of hydrogen-bond acceptors (Lipinski definition) is 4. The van der Waals surface area contributed by atoms with E-state index in [1.54, 1.807) is 0 Å². The minimum Gasteiger partial charge on any atom is -0.458 e. The predicted octanol–water partition coefficient (Wildman–Crippen LogP) is 8.74. The summed E-state index contributed by atoms with van der Waals surface area (Å²) < 4.78 is 13.1. The molecule has 10 rings (SSSR count). The number of benzene rings is 6. The fourth-order valence-corrected chi connectivity index (χ4v) is 8.12. The molecule has 4 nitrogen and oxygen atoms in total. The Balaban J connectivity index is 1.23. The van der Waals surface area contributed by atoms with E-state index in [-0.39, 0.29) is 12.1 Å². The first-order valence-corrected chi connectivity index (χ1v) is 16.2. The largest absolute Gasteiger partial charge is 0.458 e. The number of pyridine rings is 1. The van der Waals surface area contributed by atoms with Crippen LogP contribution in [0.5, 0.6) is 23.0 Å². The van der Waals surface area contributed by atoms with E-state index in [0.717, 1.165) is 45.5 Å². The van der Waals surface area contributed by atoms with Crippen molar-refractivity contribution < 1.29 is 9.47 Å². The number of fused-ring (bicyclic) bond motifs is 9. The number of ether oxygens (including phenoxy) is 2. The molecule has 1 aliphatic carbocycles. The summed E-state index contributed by atoms with van der Waals surface area (Å²) in [5.41, 5.74) is 11.7. The summed E-state index contributed by atoms with van der Waals surface area (Å²) in [4.78, 5) is 6.68. The molecule has 47 heavy (non-hydrogen) atoms. The lowest BCUT2D eigenvalue weighted by Crippen LogP contribution is -2.57. The van der Waals surface area contributed by atoms with E-state index >= 15 is 0 Å². The highest BCUT2D eigenvalue weighted by atomic mass is 16.5. The summed E-state index contributed by atoms with van der Waals surface area (Å²) in [6.45, 7) is 4.76. The molecule has 3 heterocycles. The van der Waals surface area contributed by atoms with Gasteiger partial charge in [-0.05, 0) is 93.2 Å². The third-order valence-corrected chi connectivity index (χ3v) is 10.3. The molecular weight excluding hydrogens is 575 g/mol. The predicted molar refractivity (Wildman–Crippen MR) is 192 cm³/mol. The van der Waals surface area contributed by atoms with Crippen LogP contribution in [-0.2, 0) is 5.41 Å². The molecule has 6 aromatic carbocycles. The van der Waals surface area contributed by atoms with Crippen LogP contribution in [0.25, 0.3) is 21.9 Å². The maximum Gasteiger partial charge on any atom is 0.260 e. The Morgan fingerprint density at radius 3 is 2.04 bits per heavy atom. The Hall–Kier alpha value is -5.81. The molecule has 222 valence electrons. The average Bonchev–Trinajstić information content (AvgIpc) is 3.33. The van der Waals surface area contributed by atoms with Gasteiger partial charge in [0, 0.05) is 40.0 Å². The summed E-state index contributed by atoms with van der Waals surface area (Å²) >= 11 is 0. The van der Waals surface area contributed by atoms with Gasteiger partial charge in [0.1, 0.15) is 23.0 Å². The third kappa shape index (κ3) is 3.68. The molecule has 0 spiro atoms. The summed E-state index contributed by atoms with van der Waals surface area (Å²) in [5.74, 6) is 3.55. The van der Waals surface area contributed by atoms with Gasteiger partial charge in [-0.2, -0.15) is 0 Å². The van der Waals surface area contributed by atoms with Crippen molar-refractivity contribution in [3.8, 4) is 34.1 Å². The highest BCUT2D eigenvalue weighted by Crippen LogP contribution is 2.55. The topological polar surface area (TPSA) is 34.6 Å². The Morgan fingerprint density at radius 1 is 0.574 bits per heavy atom. The average molecular weight is 605 g/mol. The van der Waals surface area contributed by atoms with Gasteiger partial charge in [-0.1, -0.05) is 86.6 Å². The van der Waals surface area contributed by atoms with Crippen molar-refractivity contribution in [3.63, 3.8) is 0 Å². The zero-order valence-corrected chi connectivity index (χ0v) is 26.1. The first-order valence-electron chi connectivity index (χ1n) is 16.2. The lowest BCUT2D eigenvalue weighted by molar-refractivity contribution is 0.464. The monoisotopic (exact) mass is 604 g/mol. The number of rotatable bonds is 3. The second-order valence-corrected chi connectivity index (χ2v) is 13.1. The summed E-state index contributed by atoms with van der Waals surface area (Å²) in [7, 11) is 0. The van der Waals surface area contributed by atoms with Crippen molar-refractivity contribution in [1.29, 1.82) is 0 Å². The van der Waals surface area contributed by atoms with Crippen LogP contribution in [0.2, 0.25) is 0 Å². The van der Waals surface area contributed by atoms with Gasteiger partial charge >= 0.3 is 0 Å². The third-order valence-electron chi connectivity index (χ3n) is 10.3. The van der Waals surface area contributed by atoms with Gasteiger partial charge in [0.05, 0.1) is 5.69 Å². The number of para-hydroxylation sites is 2. The molecular formula is C42H29BN2O2. The van der Waals surface area contributed by atoms with Crippen LogP contribution < -0.4 is 30.8 Å². The summed E-state index contributed by atoms with van der Waals surface area (Å²) in [6.07, 6.45) is 3.73. The van der Waals surface area contributed by atoms with Crippen molar-refractivity contribution in [2.75, 3.05) is 4.90 Å². The Bertz CT molecular complexity index is 2370. The molecule has 0 unspecified atom stereocenters. The van der Waals surface area contributed by atoms with E-state index in [0.29, 0.717) is 0 Å². The smallest absolute Gasteiger partial charge is 0.260 e. The lowest BCUT2D eigenvalue weighted by Gasteiger charge is -2.33. The summed E-state index contributed by atoms with van der Waals surface area (Å²) in [5, 5.41) is 2.43. The number of anilines is 3. The first-order chi connectivity index (χ1) is 23.1. The molecule has 0 amide bonds. The first kappa shape index (κ1) is 26.4. The van der Waals surface area contributed by atoms with Crippen molar-refractivity contribution in [3.05, 3.63) is 151 Å². The van der Waals surface area contributed by atoms with Crippen LogP contribution in [0.15, 0.2) is 140 Å². The Morgan fingerprint density at radius 2 is 1.23 bits per heavy atom. The molecule has 0 saturated heterocycles. The van der Waals surface area contributed by atoms with Gasteiger partial charge in [-0.3, -0.25) is 4.98 Å². The molecule has 0 bridgehead atoms. The van der Waals surface area contributed by atoms with Crippen LogP contribution in [0.4, 0.5) is 17.1 Å². The van der Waals surface area contributed by atoms with Crippen molar-refractivity contribution >= 4 is 50.9 Å². The molecule has 5 heteroatoms. The second-order valence-electron chi connectivity index (χ2n) is 13.1. The van der Waals surface area contributed by atoms with Crippen molar-refractivity contribution in [2.45, 2.75) is 19.3 Å². The van der Waals surface area contributed by atoms with Crippen molar-refractivity contribution in [1.82, 2.24) is 4.98 Å². The van der Waals surface area contributed by atoms with E-state index in [2.05, 4.69) is 139 Å². The molecule has 7 aromatic rings. The fourth-order valence-electron chi connectivity index (χ4n) is 8.12. The second kappa shape index (κ2) is 9.60. The molecule has 1 aromatic heterocycles. The Labute approximate surface area is 274 Å². The maximum absolute atomic E-state index is 6.74. The zero-order valence-electron chi connectivity index (χ0n) is 26.1. The molecule has 0 saturated carbocycles. The molecule has 0 radical (unpaired) electrons. The van der Waals surface area contributed by atoms with E-state index in [9.17, 15) is 0 Å². The van der Waals surface area contributed by atoms with Crippen molar-refractivity contribution in [2.24, 2.45) is 0 Å². The standard InChI is InChI=1S/C42H29BN2O2/c1-42(2)31-24-34-39(47-38-18-10-17-37-41(38)43(34)33-15-8-9-16-36(33)46-37)23-30(31)40-29-14-7-6-13-28(29)35(25-32(40)42)45(26-11-4-3-5-12-26)27-19-21-44-22-20-27/h3-25H,1-2H3. The normalized spacial score (nSPS) is 14.2. The van der Waals surface area contributed by atoms with Gasteiger partial charge in [0.2, 0.25) is 0 Å². The van der Waals surface area contributed by atoms with E-state index in [1.165, 1.54) is 44.0 Å². The Kier molecular flexibility index (Phi) is 5.40. The minimum absolute atomic E-state index is 0.0345. The molecule has 0 N–H and O–H groups in total. The number of aromatic nitrogens is 1. The molecule has 2 aliphatic heterocycles.